The van der Waals surface area contributed by atoms with Crippen molar-refractivity contribution < 1.29 is 0 Å². The van der Waals surface area contributed by atoms with Crippen LogP contribution >= 0.6 is 0 Å². The second-order valence-corrected chi connectivity index (χ2v) is 5.53. The Balaban J connectivity index is 2.15. The van der Waals surface area contributed by atoms with Gasteiger partial charge in [-0.3, -0.25) is 5.43 Å². The van der Waals surface area contributed by atoms with Gasteiger partial charge >= 0.3 is 0 Å². The van der Waals surface area contributed by atoms with Crippen molar-refractivity contribution in [2.24, 2.45) is 5.10 Å². The van der Waals surface area contributed by atoms with Gasteiger partial charge in [-0.15, -0.1) is 0 Å². The van der Waals surface area contributed by atoms with Gasteiger partial charge in [0.1, 0.15) is 5.82 Å². The summed E-state index contributed by atoms with van der Waals surface area (Å²) in [5.74, 6) is 1.25. The minimum absolute atomic E-state index is 0.132. The van der Waals surface area contributed by atoms with E-state index in [0.717, 1.165) is 11.4 Å². The van der Waals surface area contributed by atoms with Gasteiger partial charge in [0.15, 0.2) is 5.82 Å². The molecular weight excluding hydrogens is 250 g/mol. The number of nitrogens with two attached hydrogens (primary N) is 1. The molecule has 2 rings (SSSR count). The van der Waals surface area contributed by atoms with Gasteiger partial charge in [0.05, 0.1) is 18.1 Å². The van der Waals surface area contributed by atoms with Crippen LogP contribution in [0.1, 0.15) is 32.2 Å². The number of anilines is 2. The lowest BCUT2D eigenvalue weighted by molar-refractivity contribution is 0.546. The number of nitrogens with one attached hydrogen (secondary N) is 1. The number of hydrogen-bond donors (Lipinski definition) is 2. The molecule has 5 nitrogen and oxygen atoms in total. The summed E-state index contributed by atoms with van der Waals surface area (Å²) in [6.07, 6.45) is 3.33. The molecule has 0 fully saturated rings. The molecule has 0 unspecified atom stereocenters. The maximum atomic E-state index is 5.85. The molecule has 104 valence electrons. The molecule has 1 aromatic heterocycles. The molecule has 1 heterocycles. The molecule has 3 N–H and O–H groups in total. The van der Waals surface area contributed by atoms with E-state index < -0.39 is 0 Å². The molecule has 0 aliphatic heterocycles. The fourth-order valence-corrected chi connectivity index (χ4v) is 1.55. The van der Waals surface area contributed by atoms with Gasteiger partial charge < -0.3 is 5.73 Å². The van der Waals surface area contributed by atoms with E-state index in [1.54, 1.807) is 12.4 Å². The summed E-state index contributed by atoms with van der Waals surface area (Å²) in [6, 6.07) is 9.81. The highest BCUT2D eigenvalue weighted by Gasteiger charge is 2.18. The first kappa shape index (κ1) is 14.0. The molecule has 0 bridgehead atoms. The van der Waals surface area contributed by atoms with Crippen LogP contribution in [0.4, 0.5) is 11.5 Å². The van der Waals surface area contributed by atoms with Crippen LogP contribution in [0.25, 0.3) is 0 Å². The Hall–Kier alpha value is -2.43. The van der Waals surface area contributed by atoms with Gasteiger partial charge in [0.25, 0.3) is 0 Å². The third-order valence-corrected chi connectivity index (χ3v) is 2.67. The van der Waals surface area contributed by atoms with Crippen molar-refractivity contribution in [3.8, 4) is 0 Å². The van der Waals surface area contributed by atoms with Crippen molar-refractivity contribution in [2.75, 3.05) is 11.2 Å². The van der Waals surface area contributed by atoms with Gasteiger partial charge in [0, 0.05) is 5.41 Å². The maximum absolute atomic E-state index is 5.85. The van der Waals surface area contributed by atoms with Crippen LogP contribution in [0.5, 0.6) is 0 Å². The van der Waals surface area contributed by atoms with Gasteiger partial charge in [-0.2, -0.15) is 5.10 Å². The van der Waals surface area contributed by atoms with E-state index in [4.69, 9.17) is 5.73 Å². The fraction of sp³-hybridized carbons (Fsp3) is 0.267. The van der Waals surface area contributed by atoms with E-state index in [0.29, 0.717) is 11.5 Å². The zero-order chi connectivity index (χ0) is 14.6. The van der Waals surface area contributed by atoms with Crippen LogP contribution in [-0.2, 0) is 5.41 Å². The molecule has 2 aromatic rings. The largest absolute Gasteiger partial charge is 0.394 e. The maximum Gasteiger partial charge on any atom is 0.173 e. The molecule has 20 heavy (non-hydrogen) atoms. The lowest BCUT2D eigenvalue weighted by atomic mass is 9.96. The Bertz CT molecular complexity index is 599. The summed E-state index contributed by atoms with van der Waals surface area (Å²) in [5.41, 5.74) is 10.1. The van der Waals surface area contributed by atoms with Gasteiger partial charge in [0.2, 0.25) is 0 Å². The van der Waals surface area contributed by atoms with Crippen LogP contribution < -0.4 is 11.2 Å². The SMILES string of the molecule is CC(C)(C)c1ncc(N)c(N/N=C/c2ccccc2)n1. The molecule has 0 atom stereocenters. The minimum Gasteiger partial charge on any atom is -0.394 e. The number of benzene rings is 1. The summed E-state index contributed by atoms with van der Waals surface area (Å²) in [4.78, 5) is 8.66. The quantitative estimate of drug-likeness (QED) is 0.663. The van der Waals surface area contributed by atoms with Gasteiger partial charge in [-0.05, 0) is 5.56 Å². The lowest BCUT2D eigenvalue weighted by Gasteiger charge is -2.17. The van der Waals surface area contributed by atoms with Crippen LogP contribution in [0.15, 0.2) is 41.6 Å². The van der Waals surface area contributed by atoms with Crippen LogP contribution in [-0.4, -0.2) is 16.2 Å². The molecule has 0 aliphatic carbocycles. The zero-order valence-corrected chi connectivity index (χ0v) is 12.0. The first-order valence-electron chi connectivity index (χ1n) is 6.44. The number of hydrazone groups is 1. The zero-order valence-electron chi connectivity index (χ0n) is 12.0. The van der Waals surface area contributed by atoms with Crippen molar-refractivity contribution in [1.82, 2.24) is 9.97 Å². The molecule has 0 saturated carbocycles. The predicted molar refractivity (Wildman–Crippen MR) is 82.8 cm³/mol. The molecule has 0 saturated heterocycles. The van der Waals surface area contributed by atoms with E-state index in [-0.39, 0.29) is 5.41 Å². The standard InChI is InChI=1S/C15H19N5/c1-15(2,3)14-17-10-12(16)13(19-14)20-18-9-11-7-5-4-6-8-11/h4-10H,16H2,1-3H3,(H,17,19,20)/b18-9+. The van der Waals surface area contributed by atoms with Crippen molar-refractivity contribution in [3.05, 3.63) is 47.9 Å². The Morgan fingerprint density at radius 1 is 1.20 bits per heavy atom. The number of hydrogen-bond acceptors (Lipinski definition) is 5. The topological polar surface area (TPSA) is 76.2 Å². The Labute approximate surface area is 119 Å². The van der Waals surface area contributed by atoms with Crippen molar-refractivity contribution in [2.45, 2.75) is 26.2 Å². The number of aromatic nitrogens is 2. The molecule has 0 spiro atoms. The number of rotatable bonds is 3. The monoisotopic (exact) mass is 269 g/mol. The third kappa shape index (κ3) is 3.54. The van der Waals surface area contributed by atoms with Gasteiger partial charge in [-0.1, -0.05) is 51.1 Å². The smallest absolute Gasteiger partial charge is 0.173 e. The second-order valence-electron chi connectivity index (χ2n) is 5.53. The van der Waals surface area contributed by atoms with Gasteiger partial charge in [-0.25, -0.2) is 9.97 Å². The van der Waals surface area contributed by atoms with E-state index in [1.165, 1.54) is 0 Å². The second kappa shape index (κ2) is 5.69. The van der Waals surface area contributed by atoms with E-state index in [9.17, 15) is 0 Å². The highest BCUT2D eigenvalue weighted by atomic mass is 15.3. The first-order valence-corrected chi connectivity index (χ1v) is 6.44. The van der Waals surface area contributed by atoms with E-state index >= 15 is 0 Å². The Kier molecular flexibility index (Phi) is 3.98. The normalized spacial score (nSPS) is 11.8. The summed E-state index contributed by atoms with van der Waals surface area (Å²) in [6.45, 7) is 6.15. The highest BCUT2D eigenvalue weighted by Crippen LogP contribution is 2.22. The van der Waals surface area contributed by atoms with Crippen molar-refractivity contribution in [1.29, 1.82) is 0 Å². The molecule has 1 aromatic carbocycles. The molecule has 5 heteroatoms. The van der Waals surface area contributed by atoms with Crippen LogP contribution in [0.2, 0.25) is 0 Å². The predicted octanol–water partition coefficient (Wildman–Crippen LogP) is 2.80. The fourth-order valence-electron chi connectivity index (χ4n) is 1.55. The van der Waals surface area contributed by atoms with Crippen LogP contribution in [0, 0.1) is 0 Å². The molecule has 0 radical (unpaired) electrons. The number of nitrogens with zero attached hydrogens (tertiary/aromatic N) is 3. The van der Waals surface area contributed by atoms with Crippen molar-refractivity contribution in [3.63, 3.8) is 0 Å². The number of nitrogen functional groups attached to an aromatic ring is 1. The third-order valence-electron chi connectivity index (χ3n) is 2.67. The first-order chi connectivity index (χ1) is 9.47. The summed E-state index contributed by atoms with van der Waals surface area (Å²) in [5, 5.41) is 4.15. The molecular formula is C15H19N5. The summed E-state index contributed by atoms with van der Waals surface area (Å²) >= 11 is 0. The Morgan fingerprint density at radius 3 is 2.55 bits per heavy atom. The van der Waals surface area contributed by atoms with E-state index in [1.807, 2.05) is 30.3 Å². The van der Waals surface area contributed by atoms with E-state index in [2.05, 4.69) is 41.3 Å². The van der Waals surface area contributed by atoms with Crippen molar-refractivity contribution >= 4 is 17.7 Å². The van der Waals surface area contributed by atoms with Crippen LogP contribution in [0.3, 0.4) is 0 Å². The Morgan fingerprint density at radius 2 is 1.90 bits per heavy atom. The minimum atomic E-state index is -0.132. The average Bonchev–Trinajstić information content (AvgIpc) is 2.41. The highest BCUT2D eigenvalue weighted by molar-refractivity contribution is 5.80. The summed E-state index contributed by atoms with van der Waals surface area (Å²) in [7, 11) is 0. The summed E-state index contributed by atoms with van der Waals surface area (Å²) < 4.78 is 0. The molecule has 0 aliphatic rings. The lowest BCUT2D eigenvalue weighted by Crippen LogP contribution is -2.17. The average molecular weight is 269 g/mol. The molecule has 0 amide bonds.